The molecule has 19 heavy (non-hydrogen) atoms. The second-order valence-corrected chi connectivity index (χ2v) is 4.48. The molecule has 100 valence electrons. The number of alkyl halides is 1. The standard InChI is InChI=1S/C14H10BrF3O/c15-7-9-4-10(16)6-11(5-9)19-8-12-13(17)2-1-3-14(12)18/h1-6H,7-8H2. The smallest absolute Gasteiger partial charge is 0.132 e. The van der Waals surface area contributed by atoms with E-state index in [1.54, 1.807) is 6.07 Å². The Kier molecular flexibility index (Phi) is 4.47. The van der Waals surface area contributed by atoms with Gasteiger partial charge >= 0.3 is 0 Å². The van der Waals surface area contributed by atoms with Crippen LogP contribution in [0.5, 0.6) is 5.75 Å². The van der Waals surface area contributed by atoms with Crippen molar-refractivity contribution in [1.82, 2.24) is 0 Å². The van der Waals surface area contributed by atoms with Crippen molar-refractivity contribution >= 4 is 15.9 Å². The molecule has 0 aliphatic rings. The topological polar surface area (TPSA) is 9.23 Å². The predicted octanol–water partition coefficient (Wildman–Crippen LogP) is 4.58. The molecular formula is C14H10BrF3O. The molecule has 0 fully saturated rings. The number of ether oxygens (including phenoxy) is 1. The lowest BCUT2D eigenvalue weighted by Gasteiger charge is -2.09. The SMILES string of the molecule is Fc1cc(CBr)cc(OCc2c(F)cccc2F)c1. The van der Waals surface area contributed by atoms with Crippen LogP contribution in [-0.4, -0.2) is 0 Å². The van der Waals surface area contributed by atoms with Crippen molar-refractivity contribution in [2.75, 3.05) is 0 Å². The van der Waals surface area contributed by atoms with E-state index in [0.29, 0.717) is 10.9 Å². The van der Waals surface area contributed by atoms with Crippen molar-refractivity contribution in [3.8, 4) is 5.75 Å². The Morgan fingerprint density at radius 3 is 2.32 bits per heavy atom. The third kappa shape index (κ3) is 3.50. The van der Waals surface area contributed by atoms with Gasteiger partial charge in [-0.1, -0.05) is 22.0 Å². The van der Waals surface area contributed by atoms with Crippen LogP contribution in [0, 0.1) is 17.5 Å². The maximum absolute atomic E-state index is 13.4. The Balaban J connectivity index is 2.16. The number of halogens is 4. The van der Waals surface area contributed by atoms with Gasteiger partial charge in [0.25, 0.3) is 0 Å². The fourth-order valence-corrected chi connectivity index (χ4v) is 1.93. The number of benzene rings is 2. The fourth-order valence-electron chi connectivity index (χ4n) is 1.61. The maximum Gasteiger partial charge on any atom is 0.132 e. The first-order chi connectivity index (χ1) is 9.10. The molecule has 0 aromatic heterocycles. The van der Waals surface area contributed by atoms with Gasteiger partial charge in [-0.15, -0.1) is 0 Å². The highest BCUT2D eigenvalue weighted by atomic mass is 79.9. The van der Waals surface area contributed by atoms with E-state index in [-0.39, 0.29) is 17.9 Å². The lowest BCUT2D eigenvalue weighted by Crippen LogP contribution is -2.02. The highest BCUT2D eigenvalue weighted by molar-refractivity contribution is 9.08. The van der Waals surface area contributed by atoms with E-state index in [2.05, 4.69) is 15.9 Å². The fraction of sp³-hybridized carbons (Fsp3) is 0.143. The molecule has 5 heteroatoms. The predicted molar refractivity (Wildman–Crippen MR) is 69.7 cm³/mol. The van der Waals surface area contributed by atoms with Crippen molar-refractivity contribution in [2.45, 2.75) is 11.9 Å². The third-order valence-electron chi connectivity index (χ3n) is 2.53. The van der Waals surface area contributed by atoms with E-state index in [1.165, 1.54) is 18.2 Å². The molecule has 0 amide bonds. The molecule has 0 N–H and O–H groups in total. The van der Waals surface area contributed by atoms with Gasteiger partial charge in [-0.3, -0.25) is 0 Å². The van der Waals surface area contributed by atoms with E-state index in [9.17, 15) is 13.2 Å². The van der Waals surface area contributed by atoms with E-state index in [1.807, 2.05) is 0 Å². The Bertz CT molecular complexity index is 567. The Morgan fingerprint density at radius 1 is 1.00 bits per heavy atom. The monoisotopic (exact) mass is 330 g/mol. The van der Waals surface area contributed by atoms with E-state index < -0.39 is 17.5 Å². The Hall–Kier alpha value is -1.49. The summed E-state index contributed by atoms with van der Waals surface area (Å²) in [6.07, 6.45) is 0. The van der Waals surface area contributed by atoms with Crippen LogP contribution in [0.2, 0.25) is 0 Å². The molecule has 0 saturated carbocycles. The first-order valence-corrected chi connectivity index (χ1v) is 6.63. The maximum atomic E-state index is 13.4. The minimum atomic E-state index is -0.683. The summed E-state index contributed by atoms with van der Waals surface area (Å²) in [5.41, 5.74) is 0.510. The molecule has 2 rings (SSSR count). The molecule has 0 bridgehead atoms. The van der Waals surface area contributed by atoms with Gasteiger partial charge in [-0.25, -0.2) is 13.2 Å². The van der Waals surface area contributed by atoms with Crippen LogP contribution in [0.25, 0.3) is 0 Å². The molecule has 0 heterocycles. The molecule has 2 aromatic rings. The summed E-state index contributed by atoms with van der Waals surface area (Å²) in [6, 6.07) is 7.71. The summed E-state index contributed by atoms with van der Waals surface area (Å²) in [5.74, 6) is -1.59. The van der Waals surface area contributed by atoms with Crippen LogP contribution >= 0.6 is 15.9 Å². The van der Waals surface area contributed by atoms with Crippen molar-refractivity contribution in [3.63, 3.8) is 0 Å². The van der Waals surface area contributed by atoms with Crippen LogP contribution in [-0.2, 0) is 11.9 Å². The lowest BCUT2D eigenvalue weighted by atomic mass is 10.2. The highest BCUT2D eigenvalue weighted by Gasteiger charge is 2.09. The molecular weight excluding hydrogens is 321 g/mol. The summed E-state index contributed by atoms with van der Waals surface area (Å²) in [6.45, 7) is -0.288. The van der Waals surface area contributed by atoms with Crippen molar-refractivity contribution < 1.29 is 17.9 Å². The molecule has 0 aliphatic heterocycles. The van der Waals surface area contributed by atoms with E-state index in [0.717, 1.165) is 12.1 Å². The summed E-state index contributed by atoms with van der Waals surface area (Å²) < 4.78 is 45.2. The van der Waals surface area contributed by atoms with Crippen molar-refractivity contribution in [3.05, 3.63) is 65.0 Å². The third-order valence-corrected chi connectivity index (χ3v) is 3.18. The lowest BCUT2D eigenvalue weighted by molar-refractivity contribution is 0.291. The van der Waals surface area contributed by atoms with Crippen molar-refractivity contribution in [2.24, 2.45) is 0 Å². The average Bonchev–Trinajstić information content (AvgIpc) is 2.37. The van der Waals surface area contributed by atoms with Gasteiger partial charge in [0.15, 0.2) is 0 Å². The van der Waals surface area contributed by atoms with Crippen LogP contribution in [0.4, 0.5) is 13.2 Å². The molecule has 0 spiro atoms. The summed E-state index contributed by atoms with van der Waals surface area (Å²) >= 11 is 3.20. The molecule has 0 unspecified atom stereocenters. The largest absolute Gasteiger partial charge is 0.489 e. The second-order valence-electron chi connectivity index (χ2n) is 3.92. The van der Waals surface area contributed by atoms with Crippen LogP contribution < -0.4 is 4.74 Å². The Morgan fingerprint density at radius 2 is 1.68 bits per heavy atom. The zero-order chi connectivity index (χ0) is 13.8. The van der Waals surface area contributed by atoms with E-state index >= 15 is 0 Å². The van der Waals surface area contributed by atoms with E-state index in [4.69, 9.17) is 4.74 Å². The summed E-state index contributed by atoms with van der Waals surface area (Å²) in [7, 11) is 0. The first kappa shape index (κ1) is 13.9. The molecule has 0 atom stereocenters. The van der Waals surface area contributed by atoms with Gasteiger partial charge in [0.05, 0.1) is 5.56 Å². The number of rotatable bonds is 4. The number of hydrogen-bond donors (Lipinski definition) is 0. The van der Waals surface area contributed by atoms with Crippen LogP contribution in [0.15, 0.2) is 36.4 Å². The molecule has 0 saturated heterocycles. The normalized spacial score (nSPS) is 10.5. The van der Waals surface area contributed by atoms with Crippen molar-refractivity contribution in [1.29, 1.82) is 0 Å². The molecule has 1 nitrogen and oxygen atoms in total. The van der Waals surface area contributed by atoms with Gasteiger partial charge in [0, 0.05) is 11.4 Å². The van der Waals surface area contributed by atoms with Crippen LogP contribution in [0.3, 0.4) is 0 Å². The van der Waals surface area contributed by atoms with Gasteiger partial charge < -0.3 is 4.74 Å². The quantitative estimate of drug-likeness (QED) is 0.746. The zero-order valence-corrected chi connectivity index (χ0v) is 11.4. The van der Waals surface area contributed by atoms with Gasteiger partial charge in [0.2, 0.25) is 0 Å². The minimum Gasteiger partial charge on any atom is -0.489 e. The second kappa shape index (κ2) is 6.10. The molecule has 0 aliphatic carbocycles. The highest BCUT2D eigenvalue weighted by Crippen LogP contribution is 2.21. The van der Waals surface area contributed by atoms with Gasteiger partial charge in [-0.05, 0) is 29.8 Å². The first-order valence-electron chi connectivity index (χ1n) is 5.51. The van der Waals surface area contributed by atoms with Gasteiger partial charge in [-0.2, -0.15) is 0 Å². The van der Waals surface area contributed by atoms with Crippen LogP contribution in [0.1, 0.15) is 11.1 Å². The minimum absolute atomic E-state index is 0.174. The zero-order valence-electron chi connectivity index (χ0n) is 9.80. The number of hydrogen-bond acceptors (Lipinski definition) is 1. The Labute approximate surface area is 117 Å². The molecule has 0 radical (unpaired) electrons. The summed E-state index contributed by atoms with van der Waals surface area (Å²) in [5, 5.41) is 0.467. The van der Waals surface area contributed by atoms with Gasteiger partial charge in [0.1, 0.15) is 29.8 Å². The average molecular weight is 331 g/mol. The molecule has 2 aromatic carbocycles. The summed E-state index contributed by atoms with van der Waals surface area (Å²) in [4.78, 5) is 0.